The molecule has 2 N–H and O–H groups in total. The van der Waals surface area contributed by atoms with Crippen LogP contribution in [0.15, 0.2) is 82.9 Å². The van der Waals surface area contributed by atoms with Crippen molar-refractivity contribution in [2.24, 2.45) is 4.99 Å². The average molecular weight is 401 g/mol. The van der Waals surface area contributed by atoms with Crippen LogP contribution in [0.3, 0.4) is 0 Å². The second-order valence-electron chi connectivity index (χ2n) is 6.70. The first kappa shape index (κ1) is 19.4. The van der Waals surface area contributed by atoms with Crippen molar-refractivity contribution in [3.63, 3.8) is 0 Å². The molecule has 8 heteroatoms. The lowest BCUT2D eigenvalue weighted by Crippen LogP contribution is -2.36. The van der Waals surface area contributed by atoms with Crippen molar-refractivity contribution >= 4 is 5.96 Å². The Morgan fingerprint density at radius 2 is 1.87 bits per heavy atom. The van der Waals surface area contributed by atoms with E-state index in [1.165, 1.54) is 5.56 Å². The van der Waals surface area contributed by atoms with E-state index in [-0.39, 0.29) is 0 Å². The van der Waals surface area contributed by atoms with Crippen molar-refractivity contribution in [3.05, 3.63) is 90.3 Å². The third-order valence-corrected chi connectivity index (χ3v) is 4.50. The summed E-state index contributed by atoms with van der Waals surface area (Å²) < 4.78 is 7.38. The van der Waals surface area contributed by atoms with E-state index in [1.807, 2.05) is 36.4 Å². The summed E-state index contributed by atoms with van der Waals surface area (Å²) in [7, 11) is 1.74. The van der Waals surface area contributed by atoms with Crippen molar-refractivity contribution in [2.75, 3.05) is 7.05 Å². The van der Waals surface area contributed by atoms with Crippen LogP contribution in [0.1, 0.15) is 16.8 Å². The largest absolute Gasteiger partial charge is 0.444 e. The maximum atomic E-state index is 5.58. The van der Waals surface area contributed by atoms with E-state index in [0.29, 0.717) is 31.5 Å². The number of hydrogen-bond donors (Lipinski definition) is 2. The molecule has 0 aliphatic heterocycles. The van der Waals surface area contributed by atoms with Gasteiger partial charge in [-0.3, -0.25) is 4.99 Å². The Morgan fingerprint density at radius 1 is 1.03 bits per heavy atom. The lowest BCUT2D eigenvalue weighted by Gasteiger charge is -2.11. The number of nitrogens with zero attached hydrogens (tertiary/aromatic N) is 5. The van der Waals surface area contributed by atoms with Crippen LogP contribution in [0.4, 0.5) is 0 Å². The molecule has 30 heavy (non-hydrogen) atoms. The van der Waals surface area contributed by atoms with Gasteiger partial charge in [-0.05, 0) is 23.3 Å². The van der Waals surface area contributed by atoms with Crippen molar-refractivity contribution in [1.82, 2.24) is 30.4 Å². The molecule has 0 bridgehead atoms. The highest BCUT2D eigenvalue weighted by atomic mass is 16.3. The molecule has 0 saturated carbocycles. The maximum absolute atomic E-state index is 5.58. The highest BCUT2D eigenvalue weighted by Crippen LogP contribution is 2.17. The zero-order chi connectivity index (χ0) is 20.6. The standard InChI is InChI=1S/C22H23N7O/c1-23-22(26-12-20-14-30-21(28-20)19-8-3-2-4-9-19)25-11-17-6-5-7-18(10-17)13-29-16-24-15-27-29/h2-10,14-16H,11-13H2,1H3,(H2,23,25,26). The molecule has 0 spiro atoms. The van der Waals surface area contributed by atoms with Crippen LogP contribution in [0.25, 0.3) is 11.5 Å². The molecule has 2 aromatic carbocycles. The van der Waals surface area contributed by atoms with E-state index in [2.05, 4.69) is 48.9 Å². The second-order valence-corrected chi connectivity index (χ2v) is 6.70. The Bertz CT molecular complexity index is 1090. The minimum Gasteiger partial charge on any atom is -0.444 e. The molecule has 4 aromatic rings. The Kier molecular flexibility index (Phi) is 6.14. The zero-order valence-corrected chi connectivity index (χ0v) is 16.7. The summed E-state index contributed by atoms with van der Waals surface area (Å²) in [6, 6.07) is 18.2. The SMILES string of the molecule is CN=C(NCc1cccc(Cn2cncn2)c1)NCc1coc(-c2ccccc2)n1. The fraction of sp³-hybridized carbons (Fsp3) is 0.182. The van der Waals surface area contributed by atoms with E-state index in [4.69, 9.17) is 4.42 Å². The van der Waals surface area contributed by atoms with Crippen molar-refractivity contribution < 1.29 is 4.42 Å². The van der Waals surface area contributed by atoms with E-state index in [1.54, 1.807) is 30.6 Å². The van der Waals surface area contributed by atoms with Gasteiger partial charge in [-0.1, -0.05) is 42.5 Å². The van der Waals surface area contributed by atoms with E-state index in [0.717, 1.165) is 16.8 Å². The van der Waals surface area contributed by atoms with Gasteiger partial charge in [0.25, 0.3) is 0 Å². The van der Waals surface area contributed by atoms with Gasteiger partial charge >= 0.3 is 0 Å². The normalized spacial score (nSPS) is 11.4. The number of nitrogens with one attached hydrogen (secondary N) is 2. The van der Waals surface area contributed by atoms with E-state index < -0.39 is 0 Å². The molecular weight excluding hydrogens is 378 g/mol. The van der Waals surface area contributed by atoms with Crippen LogP contribution in [0, 0.1) is 0 Å². The van der Waals surface area contributed by atoms with Gasteiger partial charge in [-0.25, -0.2) is 14.6 Å². The summed E-state index contributed by atoms with van der Waals surface area (Å²) in [5.74, 6) is 1.31. The highest BCUT2D eigenvalue weighted by Gasteiger charge is 2.07. The van der Waals surface area contributed by atoms with Crippen LogP contribution < -0.4 is 10.6 Å². The van der Waals surface area contributed by atoms with Crippen molar-refractivity contribution in [1.29, 1.82) is 0 Å². The monoisotopic (exact) mass is 401 g/mol. The summed E-state index contributed by atoms with van der Waals surface area (Å²) in [4.78, 5) is 12.8. The molecule has 8 nitrogen and oxygen atoms in total. The number of rotatable bonds is 7. The fourth-order valence-corrected chi connectivity index (χ4v) is 3.02. The maximum Gasteiger partial charge on any atom is 0.226 e. The van der Waals surface area contributed by atoms with Gasteiger partial charge in [0.1, 0.15) is 18.9 Å². The minimum absolute atomic E-state index is 0.516. The number of hydrogen-bond acceptors (Lipinski definition) is 5. The van der Waals surface area contributed by atoms with Crippen LogP contribution in [-0.4, -0.2) is 32.8 Å². The topological polar surface area (TPSA) is 93.2 Å². The highest BCUT2D eigenvalue weighted by molar-refractivity contribution is 5.79. The number of guanidine groups is 1. The first-order chi connectivity index (χ1) is 14.8. The molecule has 0 fully saturated rings. The van der Waals surface area contributed by atoms with Gasteiger partial charge < -0.3 is 15.1 Å². The zero-order valence-electron chi connectivity index (χ0n) is 16.7. The van der Waals surface area contributed by atoms with Gasteiger partial charge in [0.15, 0.2) is 5.96 Å². The number of oxazole rings is 1. The van der Waals surface area contributed by atoms with Crippen molar-refractivity contribution in [3.8, 4) is 11.5 Å². The molecule has 2 aromatic heterocycles. The van der Waals surface area contributed by atoms with E-state index >= 15 is 0 Å². The molecule has 152 valence electrons. The molecule has 0 aliphatic rings. The van der Waals surface area contributed by atoms with Crippen LogP contribution in [0.2, 0.25) is 0 Å². The van der Waals surface area contributed by atoms with Gasteiger partial charge in [0.05, 0.1) is 18.8 Å². The Labute approximate surface area is 174 Å². The third-order valence-electron chi connectivity index (χ3n) is 4.50. The smallest absolute Gasteiger partial charge is 0.226 e. The molecule has 2 heterocycles. The summed E-state index contributed by atoms with van der Waals surface area (Å²) in [6.07, 6.45) is 4.92. The second kappa shape index (κ2) is 9.51. The Hall–Kier alpha value is -3.94. The van der Waals surface area contributed by atoms with Crippen LogP contribution >= 0.6 is 0 Å². The van der Waals surface area contributed by atoms with E-state index in [9.17, 15) is 0 Å². The predicted octanol–water partition coefficient (Wildman–Crippen LogP) is 2.85. The summed E-state index contributed by atoms with van der Waals surface area (Å²) in [6.45, 7) is 1.86. The predicted molar refractivity (Wildman–Crippen MR) is 115 cm³/mol. The first-order valence-electron chi connectivity index (χ1n) is 9.65. The van der Waals surface area contributed by atoms with Crippen molar-refractivity contribution in [2.45, 2.75) is 19.6 Å². The number of benzene rings is 2. The van der Waals surface area contributed by atoms with Gasteiger partial charge in [-0.2, -0.15) is 5.10 Å². The molecular formula is C22H23N7O. The Balaban J connectivity index is 1.30. The molecule has 0 amide bonds. The van der Waals surface area contributed by atoms with Crippen LogP contribution in [-0.2, 0) is 19.6 Å². The first-order valence-corrected chi connectivity index (χ1v) is 9.65. The summed E-state index contributed by atoms with van der Waals surface area (Å²) >= 11 is 0. The molecule has 0 atom stereocenters. The quantitative estimate of drug-likeness (QED) is 0.365. The lowest BCUT2D eigenvalue weighted by molar-refractivity contribution is 0.572. The number of aromatic nitrogens is 4. The minimum atomic E-state index is 0.516. The fourth-order valence-electron chi connectivity index (χ4n) is 3.02. The lowest BCUT2D eigenvalue weighted by atomic mass is 10.1. The average Bonchev–Trinajstić information content (AvgIpc) is 3.47. The molecule has 0 radical (unpaired) electrons. The molecule has 0 aliphatic carbocycles. The Morgan fingerprint density at radius 3 is 2.67 bits per heavy atom. The summed E-state index contributed by atoms with van der Waals surface area (Å²) in [5, 5.41) is 10.7. The van der Waals surface area contributed by atoms with Gasteiger partial charge in [0, 0.05) is 19.2 Å². The molecule has 0 saturated heterocycles. The van der Waals surface area contributed by atoms with Gasteiger partial charge in [-0.15, -0.1) is 0 Å². The molecule has 4 rings (SSSR count). The van der Waals surface area contributed by atoms with Gasteiger partial charge in [0.2, 0.25) is 5.89 Å². The number of aliphatic imine (C=N–C) groups is 1. The summed E-state index contributed by atoms with van der Waals surface area (Å²) in [5.41, 5.74) is 4.09. The van der Waals surface area contributed by atoms with Crippen LogP contribution in [0.5, 0.6) is 0 Å². The molecule has 0 unspecified atom stereocenters. The third kappa shape index (κ3) is 5.11.